The van der Waals surface area contributed by atoms with Gasteiger partial charge < -0.3 is 14.6 Å². The van der Waals surface area contributed by atoms with Crippen molar-refractivity contribution in [2.45, 2.75) is 37.1 Å². The molecule has 38 heavy (non-hydrogen) atoms. The standard InChI is InChI=1S/C26H19F9O3/c27-21-17(7-8-19(22(21)28)15-5-6-16(11-36)37-12-15)13-1-3-14(4-2-13)18-9-10-20(24(30)23(18)29)38-26(34,35)25(31,32)33/h1-4,7-10,15-16,36H,5-6,11-12H2. The second kappa shape index (κ2) is 10.5. The number of ether oxygens (including phenoxy) is 2. The fraction of sp³-hybridized carbons (Fsp3) is 0.308. The van der Waals surface area contributed by atoms with E-state index in [1.807, 2.05) is 0 Å². The van der Waals surface area contributed by atoms with Gasteiger partial charge in [0.25, 0.3) is 0 Å². The molecule has 204 valence electrons. The average molecular weight is 550 g/mol. The summed E-state index contributed by atoms with van der Waals surface area (Å²) in [7, 11) is 0. The number of hydrogen-bond acceptors (Lipinski definition) is 3. The predicted molar refractivity (Wildman–Crippen MR) is 118 cm³/mol. The van der Waals surface area contributed by atoms with E-state index in [4.69, 9.17) is 9.84 Å². The zero-order valence-electron chi connectivity index (χ0n) is 19.3. The molecule has 0 spiro atoms. The van der Waals surface area contributed by atoms with Crippen LogP contribution < -0.4 is 4.74 Å². The van der Waals surface area contributed by atoms with Crippen LogP contribution in [0.2, 0.25) is 0 Å². The summed E-state index contributed by atoms with van der Waals surface area (Å²) in [5, 5.41) is 9.14. The van der Waals surface area contributed by atoms with Crippen molar-refractivity contribution in [2.75, 3.05) is 13.2 Å². The van der Waals surface area contributed by atoms with Crippen molar-refractivity contribution in [1.82, 2.24) is 0 Å². The van der Waals surface area contributed by atoms with Crippen molar-refractivity contribution in [3.63, 3.8) is 0 Å². The van der Waals surface area contributed by atoms with Gasteiger partial charge in [-0.25, -0.2) is 13.2 Å². The first kappa shape index (κ1) is 27.8. The van der Waals surface area contributed by atoms with Crippen LogP contribution in [0.5, 0.6) is 5.75 Å². The summed E-state index contributed by atoms with van der Waals surface area (Å²) in [5.74, 6) is -8.04. The number of aliphatic hydroxyl groups excluding tert-OH is 1. The van der Waals surface area contributed by atoms with Gasteiger partial charge in [0, 0.05) is 17.0 Å². The zero-order valence-corrected chi connectivity index (χ0v) is 19.3. The van der Waals surface area contributed by atoms with Crippen LogP contribution in [-0.4, -0.2) is 36.7 Å². The van der Waals surface area contributed by atoms with Crippen molar-refractivity contribution in [3.8, 4) is 28.0 Å². The lowest BCUT2D eigenvalue weighted by atomic mass is 9.89. The Kier molecular flexibility index (Phi) is 7.67. The Bertz CT molecular complexity index is 1300. The van der Waals surface area contributed by atoms with Crippen LogP contribution in [0.25, 0.3) is 22.3 Å². The molecule has 0 saturated carbocycles. The van der Waals surface area contributed by atoms with Gasteiger partial charge in [-0.1, -0.05) is 36.4 Å². The Morgan fingerprint density at radius 3 is 1.79 bits per heavy atom. The number of rotatable bonds is 6. The van der Waals surface area contributed by atoms with Crippen LogP contribution in [0.1, 0.15) is 24.3 Å². The summed E-state index contributed by atoms with van der Waals surface area (Å²) in [6.45, 7) is -0.0453. The highest BCUT2D eigenvalue weighted by Crippen LogP contribution is 2.40. The molecule has 1 N–H and O–H groups in total. The Morgan fingerprint density at radius 1 is 0.737 bits per heavy atom. The first-order valence-electron chi connectivity index (χ1n) is 11.3. The lowest BCUT2D eigenvalue weighted by Gasteiger charge is -2.28. The van der Waals surface area contributed by atoms with E-state index in [9.17, 15) is 39.5 Å². The van der Waals surface area contributed by atoms with Crippen LogP contribution in [0, 0.1) is 23.3 Å². The molecule has 12 heteroatoms. The van der Waals surface area contributed by atoms with Crippen LogP contribution in [0.4, 0.5) is 39.5 Å². The molecule has 0 aromatic heterocycles. The third-order valence-corrected chi connectivity index (χ3v) is 6.25. The number of alkyl halides is 5. The van der Waals surface area contributed by atoms with Gasteiger partial charge >= 0.3 is 12.3 Å². The summed E-state index contributed by atoms with van der Waals surface area (Å²) < 4.78 is 130. The number of aliphatic hydroxyl groups is 1. The van der Waals surface area contributed by atoms with Crippen LogP contribution in [0.3, 0.4) is 0 Å². The highest BCUT2D eigenvalue weighted by atomic mass is 19.4. The van der Waals surface area contributed by atoms with E-state index in [0.717, 1.165) is 6.07 Å². The molecule has 0 amide bonds. The van der Waals surface area contributed by atoms with Gasteiger partial charge in [0.15, 0.2) is 23.2 Å². The monoisotopic (exact) mass is 550 g/mol. The van der Waals surface area contributed by atoms with E-state index in [0.29, 0.717) is 18.9 Å². The third kappa shape index (κ3) is 5.32. The van der Waals surface area contributed by atoms with Crippen molar-refractivity contribution in [2.24, 2.45) is 0 Å². The summed E-state index contributed by atoms with van der Waals surface area (Å²) in [4.78, 5) is 0. The van der Waals surface area contributed by atoms with E-state index in [1.54, 1.807) is 0 Å². The van der Waals surface area contributed by atoms with Gasteiger partial charge in [-0.2, -0.15) is 26.3 Å². The maximum atomic E-state index is 14.9. The van der Waals surface area contributed by atoms with E-state index in [-0.39, 0.29) is 41.6 Å². The maximum Gasteiger partial charge on any atom is 0.499 e. The van der Waals surface area contributed by atoms with Gasteiger partial charge in [-0.15, -0.1) is 0 Å². The molecule has 2 unspecified atom stereocenters. The van der Waals surface area contributed by atoms with Gasteiger partial charge in [-0.3, -0.25) is 0 Å². The van der Waals surface area contributed by atoms with Gasteiger partial charge in [-0.05, 0) is 41.7 Å². The smallest absolute Gasteiger partial charge is 0.423 e. The fourth-order valence-electron chi connectivity index (χ4n) is 4.16. The molecule has 3 aromatic carbocycles. The second-order valence-electron chi connectivity index (χ2n) is 8.68. The zero-order chi connectivity index (χ0) is 27.8. The van der Waals surface area contributed by atoms with E-state index < -0.39 is 52.8 Å². The van der Waals surface area contributed by atoms with Gasteiger partial charge in [0.2, 0.25) is 5.82 Å². The minimum absolute atomic E-state index is 0.0189. The number of hydrogen-bond donors (Lipinski definition) is 1. The van der Waals surface area contributed by atoms with E-state index in [2.05, 4.69) is 4.74 Å². The summed E-state index contributed by atoms with van der Waals surface area (Å²) in [6, 6.07) is 8.93. The molecule has 0 radical (unpaired) electrons. The number of benzene rings is 3. The lowest BCUT2D eigenvalue weighted by molar-refractivity contribution is -0.361. The minimum atomic E-state index is -6.15. The average Bonchev–Trinajstić information content (AvgIpc) is 2.88. The minimum Gasteiger partial charge on any atom is -0.423 e. The molecule has 1 aliphatic heterocycles. The molecular weight excluding hydrogens is 531 g/mol. The van der Waals surface area contributed by atoms with Crippen LogP contribution in [-0.2, 0) is 4.74 Å². The molecule has 1 saturated heterocycles. The molecule has 4 rings (SSSR count). The molecule has 1 heterocycles. The topological polar surface area (TPSA) is 38.7 Å². The number of halogens is 9. The molecule has 2 atom stereocenters. The van der Waals surface area contributed by atoms with Crippen LogP contribution >= 0.6 is 0 Å². The first-order chi connectivity index (χ1) is 17.8. The van der Waals surface area contributed by atoms with Crippen molar-refractivity contribution >= 4 is 0 Å². The van der Waals surface area contributed by atoms with E-state index in [1.165, 1.54) is 36.4 Å². The Morgan fingerprint density at radius 2 is 1.29 bits per heavy atom. The summed E-state index contributed by atoms with van der Waals surface area (Å²) in [5.41, 5.74) is -0.322. The largest absolute Gasteiger partial charge is 0.499 e. The fourth-order valence-corrected chi connectivity index (χ4v) is 4.16. The molecule has 1 fully saturated rings. The normalized spacial score (nSPS) is 18.5. The van der Waals surface area contributed by atoms with Crippen molar-refractivity contribution in [3.05, 3.63) is 77.4 Å². The van der Waals surface area contributed by atoms with E-state index >= 15 is 0 Å². The van der Waals surface area contributed by atoms with Gasteiger partial charge in [0.1, 0.15) is 0 Å². The predicted octanol–water partition coefficient (Wildman–Crippen LogP) is 7.37. The Hall–Kier alpha value is -3.25. The molecular formula is C26H19F9O3. The molecule has 3 aromatic rings. The second-order valence-corrected chi connectivity index (χ2v) is 8.68. The quantitative estimate of drug-likeness (QED) is 0.326. The first-order valence-corrected chi connectivity index (χ1v) is 11.3. The molecule has 0 aliphatic carbocycles. The van der Waals surface area contributed by atoms with Crippen molar-refractivity contribution < 1.29 is 54.1 Å². The highest BCUT2D eigenvalue weighted by molar-refractivity contribution is 5.72. The third-order valence-electron chi connectivity index (χ3n) is 6.25. The van der Waals surface area contributed by atoms with Crippen molar-refractivity contribution in [1.29, 1.82) is 0 Å². The summed E-state index contributed by atoms with van der Waals surface area (Å²) in [6.07, 6.45) is -11.3. The van der Waals surface area contributed by atoms with Crippen LogP contribution in [0.15, 0.2) is 48.5 Å². The molecule has 0 bridgehead atoms. The lowest BCUT2D eigenvalue weighted by Crippen LogP contribution is -2.42. The maximum absolute atomic E-state index is 14.9. The molecule has 3 nitrogen and oxygen atoms in total. The Labute approximate surface area is 210 Å². The Balaban J connectivity index is 1.57. The SMILES string of the molecule is OCC1CCC(c2ccc(-c3ccc(-c4ccc(OC(F)(F)C(F)(F)F)c(F)c4F)cc3)c(F)c2F)CO1. The van der Waals surface area contributed by atoms with Gasteiger partial charge in [0.05, 0.1) is 19.3 Å². The molecule has 1 aliphatic rings. The highest BCUT2D eigenvalue weighted by Gasteiger charge is 2.61. The summed E-state index contributed by atoms with van der Waals surface area (Å²) >= 11 is 0.